The molecule has 0 rings (SSSR count). The van der Waals surface area contributed by atoms with Crippen molar-refractivity contribution in [2.75, 3.05) is 0 Å². The Morgan fingerprint density at radius 1 is 0.810 bits per heavy atom. The van der Waals surface area contributed by atoms with Crippen molar-refractivity contribution in [3.8, 4) is 0 Å². The van der Waals surface area contributed by atoms with Gasteiger partial charge in [0.05, 0.1) is 0 Å². The lowest BCUT2D eigenvalue weighted by Gasteiger charge is -2.25. The van der Waals surface area contributed by atoms with Gasteiger partial charge < -0.3 is 4.43 Å². The maximum absolute atomic E-state index is 6.20. The van der Waals surface area contributed by atoms with Crippen LogP contribution in [0.25, 0.3) is 0 Å². The highest BCUT2D eigenvalue weighted by molar-refractivity contribution is 6.76. The Kier molecular flexibility index (Phi) is 10.6. The molecule has 0 aromatic carbocycles. The first-order chi connectivity index (χ1) is 9.66. The van der Waals surface area contributed by atoms with E-state index in [1.54, 1.807) is 0 Å². The summed E-state index contributed by atoms with van der Waals surface area (Å²) in [5.41, 5.74) is 0. The Bertz CT molecular complexity index is 296. The van der Waals surface area contributed by atoms with Crippen molar-refractivity contribution in [1.29, 1.82) is 0 Å². The average Bonchev–Trinajstić information content (AvgIpc) is 2.29. The molecule has 0 heterocycles. The molecule has 0 bridgehead atoms. The van der Waals surface area contributed by atoms with Crippen LogP contribution in [0.2, 0.25) is 38.8 Å². The summed E-state index contributed by atoms with van der Waals surface area (Å²) in [7, 11) is -2.95. The molecule has 21 heavy (non-hydrogen) atoms. The van der Waals surface area contributed by atoms with Crippen LogP contribution in [0.1, 0.15) is 65.2 Å². The number of nitrogens with zero attached hydrogens (tertiary/aromatic N) is 1. The molecule has 126 valence electrons. The van der Waals surface area contributed by atoms with Crippen LogP contribution in [0.3, 0.4) is 0 Å². The summed E-state index contributed by atoms with van der Waals surface area (Å²) in [5, 5.41) is 0. The Morgan fingerprint density at radius 3 is 1.76 bits per heavy atom. The van der Waals surface area contributed by atoms with E-state index in [0.29, 0.717) is 0 Å². The summed E-state index contributed by atoms with van der Waals surface area (Å²) in [6, 6.07) is 1.26. The fourth-order valence-electron chi connectivity index (χ4n) is 2.63. The lowest BCUT2D eigenvalue weighted by Crippen LogP contribution is -2.33. The molecule has 0 saturated heterocycles. The van der Waals surface area contributed by atoms with E-state index < -0.39 is 16.6 Å². The minimum atomic E-state index is -1.56. The molecule has 0 amide bonds. The molecule has 0 fully saturated rings. The molecule has 0 aliphatic heterocycles. The Balaban J connectivity index is 3.80. The van der Waals surface area contributed by atoms with Crippen LogP contribution in [-0.2, 0) is 4.43 Å². The van der Waals surface area contributed by atoms with Crippen LogP contribution in [-0.4, -0.2) is 22.5 Å². The summed E-state index contributed by atoms with van der Waals surface area (Å²) in [6.45, 7) is 15.8. The quantitative estimate of drug-likeness (QED) is 0.181. The van der Waals surface area contributed by atoms with Gasteiger partial charge in [0.1, 0.15) is 0 Å². The molecule has 4 heteroatoms. The molecule has 0 N–H and O–H groups in total. The highest BCUT2D eigenvalue weighted by atomic mass is 28.4. The molecule has 0 aliphatic rings. The average molecular weight is 330 g/mol. The Labute approximate surface area is 136 Å². The number of unbranched alkanes of at least 4 members (excludes halogenated alkanes) is 7. The third kappa shape index (κ3) is 14.6. The van der Waals surface area contributed by atoms with Gasteiger partial charge in [-0.3, -0.25) is 4.66 Å². The van der Waals surface area contributed by atoms with E-state index in [2.05, 4.69) is 39.7 Å². The predicted molar refractivity (Wildman–Crippen MR) is 102 cm³/mol. The van der Waals surface area contributed by atoms with E-state index in [0.717, 1.165) is 5.90 Å². The molecule has 0 atom stereocenters. The van der Waals surface area contributed by atoms with Crippen molar-refractivity contribution in [2.45, 2.75) is 104 Å². The first-order valence-electron chi connectivity index (χ1n) is 8.92. The number of hydrogen-bond donors (Lipinski definition) is 0. The Morgan fingerprint density at radius 2 is 1.29 bits per heavy atom. The van der Waals surface area contributed by atoms with Gasteiger partial charge in [0.25, 0.3) is 0 Å². The lowest BCUT2D eigenvalue weighted by molar-refractivity contribution is 0.526. The van der Waals surface area contributed by atoms with E-state index in [1.807, 2.05) is 6.92 Å². The third-order valence-corrected chi connectivity index (χ3v) is 6.94. The molecule has 0 spiro atoms. The monoisotopic (exact) mass is 329 g/mol. The second-order valence-electron chi connectivity index (χ2n) is 7.89. The SMILES string of the molecule is CCCCCCCCCC[Si](C)(C)OC(C)=N[Si](C)(C)C. The molecule has 0 aliphatic carbocycles. The molecular weight excluding hydrogens is 290 g/mol. The van der Waals surface area contributed by atoms with Crippen molar-refractivity contribution in [3.05, 3.63) is 0 Å². The van der Waals surface area contributed by atoms with Gasteiger partial charge in [-0.2, -0.15) is 0 Å². The molecule has 0 aromatic rings. The maximum atomic E-state index is 6.20. The van der Waals surface area contributed by atoms with E-state index in [4.69, 9.17) is 9.08 Å². The van der Waals surface area contributed by atoms with Crippen molar-refractivity contribution >= 4 is 22.5 Å². The van der Waals surface area contributed by atoms with E-state index in [9.17, 15) is 0 Å². The second kappa shape index (κ2) is 10.6. The molecule has 0 aromatic heterocycles. The minimum absolute atomic E-state index is 0.936. The van der Waals surface area contributed by atoms with Crippen molar-refractivity contribution < 1.29 is 4.43 Å². The highest BCUT2D eigenvalue weighted by Gasteiger charge is 2.25. The fraction of sp³-hybridized carbons (Fsp3) is 0.941. The van der Waals surface area contributed by atoms with Gasteiger partial charge >= 0.3 is 0 Å². The minimum Gasteiger partial charge on any atom is -0.535 e. The highest BCUT2D eigenvalue weighted by Crippen LogP contribution is 2.18. The zero-order valence-corrected chi connectivity index (χ0v) is 17.7. The van der Waals surface area contributed by atoms with Crippen molar-refractivity contribution in [1.82, 2.24) is 0 Å². The third-order valence-electron chi connectivity index (χ3n) is 3.55. The summed E-state index contributed by atoms with van der Waals surface area (Å²) in [4.78, 5) is 0. The zero-order valence-electron chi connectivity index (χ0n) is 15.7. The predicted octanol–water partition coefficient (Wildman–Crippen LogP) is 6.60. The molecule has 2 nitrogen and oxygen atoms in total. The van der Waals surface area contributed by atoms with Crippen LogP contribution in [0.5, 0.6) is 0 Å². The van der Waals surface area contributed by atoms with E-state index in [-0.39, 0.29) is 0 Å². The molecule has 0 radical (unpaired) electrons. The van der Waals surface area contributed by atoms with Crippen LogP contribution in [0, 0.1) is 0 Å². The topological polar surface area (TPSA) is 21.6 Å². The smallest absolute Gasteiger partial charge is 0.246 e. The van der Waals surface area contributed by atoms with Gasteiger partial charge in [-0.25, -0.2) is 0 Å². The molecule has 0 unspecified atom stereocenters. The summed E-state index contributed by atoms with van der Waals surface area (Å²) < 4.78 is 10.9. The normalized spacial score (nSPS) is 13.6. The first kappa shape index (κ1) is 20.9. The van der Waals surface area contributed by atoms with Gasteiger partial charge in [0.2, 0.25) is 8.32 Å². The standard InChI is InChI=1S/C17H39NOSi2/c1-8-9-10-11-12-13-14-15-16-21(6,7)19-17(2)18-20(3,4)5/h8-16H2,1-7H3. The lowest BCUT2D eigenvalue weighted by atomic mass is 10.1. The number of hydrogen-bond acceptors (Lipinski definition) is 2. The van der Waals surface area contributed by atoms with E-state index >= 15 is 0 Å². The maximum Gasteiger partial charge on any atom is 0.246 e. The van der Waals surface area contributed by atoms with Crippen molar-refractivity contribution in [3.63, 3.8) is 0 Å². The second-order valence-corrected chi connectivity index (χ2v) is 16.7. The van der Waals surface area contributed by atoms with Gasteiger partial charge in [-0.15, -0.1) is 0 Å². The van der Waals surface area contributed by atoms with Gasteiger partial charge in [-0.1, -0.05) is 58.3 Å². The number of rotatable bonds is 11. The Hall–Kier alpha value is -0.0962. The summed E-state index contributed by atoms with van der Waals surface area (Å²) >= 11 is 0. The van der Waals surface area contributed by atoms with Gasteiger partial charge in [-0.05, 0) is 38.8 Å². The van der Waals surface area contributed by atoms with Crippen molar-refractivity contribution in [2.24, 2.45) is 4.66 Å². The van der Waals surface area contributed by atoms with Crippen LogP contribution >= 0.6 is 0 Å². The largest absolute Gasteiger partial charge is 0.535 e. The first-order valence-corrected chi connectivity index (χ1v) is 15.5. The molecule has 0 saturated carbocycles. The molecular formula is C17H39NOSi2. The van der Waals surface area contributed by atoms with Crippen LogP contribution in [0.15, 0.2) is 4.66 Å². The van der Waals surface area contributed by atoms with Gasteiger partial charge in [0, 0.05) is 6.92 Å². The summed E-state index contributed by atoms with van der Waals surface area (Å²) in [5.74, 6) is 0.936. The van der Waals surface area contributed by atoms with E-state index in [1.165, 1.54) is 57.4 Å². The zero-order chi connectivity index (χ0) is 16.4. The van der Waals surface area contributed by atoms with Gasteiger partial charge in [0.15, 0.2) is 14.1 Å². The van der Waals surface area contributed by atoms with Crippen LogP contribution < -0.4 is 0 Å². The fourth-order valence-corrected chi connectivity index (χ4v) is 5.76. The van der Waals surface area contributed by atoms with Crippen LogP contribution in [0.4, 0.5) is 0 Å². The summed E-state index contributed by atoms with van der Waals surface area (Å²) in [6.07, 6.45) is 11.1.